The van der Waals surface area contributed by atoms with Crippen molar-refractivity contribution in [1.29, 1.82) is 0 Å². The first-order valence-electron chi connectivity index (χ1n) is 7.05. The average Bonchev–Trinajstić information content (AvgIpc) is 2.81. The molecule has 0 amide bonds. The quantitative estimate of drug-likeness (QED) is 0.816. The Balaban J connectivity index is 1.55. The molecule has 4 rings (SSSR count). The second kappa shape index (κ2) is 4.21. The van der Waals surface area contributed by atoms with Crippen LogP contribution in [-0.4, -0.2) is 14.5 Å². The molecule has 0 heterocycles. The molecule has 0 radical (unpaired) electrons. The summed E-state index contributed by atoms with van der Waals surface area (Å²) < 4.78 is 28.5. The molecule has 20 heavy (non-hydrogen) atoms. The highest BCUT2D eigenvalue weighted by molar-refractivity contribution is 9.10. The van der Waals surface area contributed by atoms with Crippen molar-refractivity contribution in [2.45, 2.75) is 30.2 Å². The minimum Gasteiger partial charge on any atom is -0.398 e. The Morgan fingerprint density at radius 2 is 1.85 bits per heavy atom. The Hall–Kier alpha value is -0.590. The summed E-state index contributed by atoms with van der Waals surface area (Å²) in [7, 11) is -3.45. The summed E-state index contributed by atoms with van der Waals surface area (Å²) in [5.74, 6) is 2.70. The average molecular weight is 357 g/mol. The molecule has 3 N–H and O–H groups in total. The van der Waals surface area contributed by atoms with Crippen molar-refractivity contribution >= 4 is 31.6 Å². The van der Waals surface area contributed by atoms with Gasteiger partial charge in [0.2, 0.25) is 10.0 Å². The van der Waals surface area contributed by atoms with Crippen molar-refractivity contribution in [3.05, 3.63) is 22.7 Å². The molecule has 108 valence electrons. The third-order valence-electron chi connectivity index (χ3n) is 5.30. The van der Waals surface area contributed by atoms with Crippen LogP contribution in [0.1, 0.15) is 19.3 Å². The Bertz CT molecular complexity index is 660. The predicted molar refractivity (Wildman–Crippen MR) is 80.5 cm³/mol. The topological polar surface area (TPSA) is 72.2 Å². The standard InChI is InChI=1S/C14H17BrN2O2S/c15-10-4-3-9(6-11(10)16)20(18,19)17-14-12-7-1-2-8(5-7)13(12)14/h3-4,6-8,12-14,17H,1-2,5,16H2. The maximum absolute atomic E-state index is 12.4. The van der Waals surface area contributed by atoms with Gasteiger partial charge in [0.15, 0.2) is 0 Å². The first-order valence-corrected chi connectivity index (χ1v) is 9.32. The molecule has 0 saturated heterocycles. The lowest BCUT2D eigenvalue weighted by Gasteiger charge is -2.12. The predicted octanol–water partition coefficient (Wildman–Crippen LogP) is 2.35. The fraction of sp³-hybridized carbons (Fsp3) is 0.571. The molecule has 0 aromatic heterocycles. The van der Waals surface area contributed by atoms with Gasteiger partial charge in [0, 0.05) is 16.2 Å². The number of hydrogen-bond donors (Lipinski definition) is 2. The molecule has 3 saturated carbocycles. The fourth-order valence-corrected chi connectivity index (χ4v) is 6.00. The van der Waals surface area contributed by atoms with Gasteiger partial charge in [-0.05, 0) is 77.1 Å². The van der Waals surface area contributed by atoms with Gasteiger partial charge in [-0.3, -0.25) is 0 Å². The van der Waals surface area contributed by atoms with Gasteiger partial charge in [0.05, 0.1) is 4.90 Å². The van der Waals surface area contributed by atoms with Gasteiger partial charge in [0.1, 0.15) is 0 Å². The number of hydrogen-bond acceptors (Lipinski definition) is 3. The maximum atomic E-state index is 12.4. The first kappa shape index (κ1) is 13.1. The van der Waals surface area contributed by atoms with E-state index in [1.807, 2.05) is 0 Å². The number of nitrogens with two attached hydrogens (primary N) is 1. The lowest BCUT2D eigenvalue weighted by atomic mass is 10.0. The summed E-state index contributed by atoms with van der Waals surface area (Å²) in [6.07, 6.45) is 3.89. The van der Waals surface area contributed by atoms with Gasteiger partial charge in [-0.15, -0.1) is 0 Å². The molecule has 4 unspecified atom stereocenters. The number of fused-ring (bicyclic) bond motifs is 5. The largest absolute Gasteiger partial charge is 0.398 e. The normalized spacial score (nSPS) is 38.0. The number of sulfonamides is 1. The summed E-state index contributed by atoms with van der Waals surface area (Å²) in [6.45, 7) is 0. The molecule has 3 aliphatic rings. The van der Waals surface area contributed by atoms with Crippen molar-refractivity contribution in [1.82, 2.24) is 4.72 Å². The molecule has 1 aromatic carbocycles. The SMILES string of the molecule is Nc1cc(S(=O)(=O)NC2C3C4CCC(C4)C23)ccc1Br. The van der Waals surface area contributed by atoms with Crippen LogP contribution in [0.15, 0.2) is 27.6 Å². The zero-order chi connectivity index (χ0) is 14.1. The van der Waals surface area contributed by atoms with E-state index in [4.69, 9.17) is 5.73 Å². The van der Waals surface area contributed by atoms with Crippen LogP contribution in [0, 0.1) is 23.7 Å². The number of halogens is 1. The van der Waals surface area contributed by atoms with Crippen LogP contribution in [0.3, 0.4) is 0 Å². The van der Waals surface area contributed by atoms with Gasteiger partial charge in [-0.2, -0.15) is 0 Å². The molecule has 0 spiro atoms. The van der Waals surface area contributed by atoms with Gasteiger partial charge < -0.3 is 5.73 Å². The number of nitrogens with one attached hydrogen (secondary N) is 1. The van der Waals surface area contributed by atoms with Gasteiger partial charge in [-0.1, -0.05) is 0 Å². The monoisotopic (exact) mass is 356 g/mol. The molecule has 0 aliphatic heterocycles. The summed E-state index contributed by atoms with van der Waals surface area (Å²) in [5.41, 5.74) is 6.22. The van der Waals surface area contributed by atoms with E-state index in [-0.39, 0.29) is 10.9 Å². The Morgan fingerprint density at radius 3 is 2.45 bits per heavy atom. The van der Waals surface area contributed by atoms with E-state index in [0.29, 0.717) is 17.5 Å². The summed E-state index contributed by atoms with van der Waals surface area (Å²) in [5, 5.41) is 0. The second-order valence-electron chi connectivity index (χ2n) is 6.32. The lowest BCUT2D eigenvalue weighted by Crippen LogP contribution is -2.30. The minimum absolute atomic E-state index is 0.163. The highest BCUT2D eigenvalue weighted by Gasteiger charge is 2.65. The van der Waals surface area contributed by atoms with E-state index >= 15 is 0 Å². The van der Waals surface area contributed by atoms with Crippen molar-refractivity contribution in [3.63, 3.8) is 0 Å². The number of rotatable bonds is 3. The molecule has 4 atom stereocenters. The molecule has 3 fully saturated rings. The Labute approximate surface area is 127 Å². The highest BCUT2D eigenvalue weighted by atomic mass is 79.9. The highest BCUT2D eigenvalue weighted by Crippen LogP contribution is 2.65. The van der Waals surface area contributed by atoms with E-state index in [1.54, 1.807) is 12.1 Å². The maximum Gasteiger partial charge on any atom is 0.240 e. The molecular formula is C14H17BrN2O2S. The van der Waals surface area contributed by atoms with E-state index in [0.717, 1.165) is 16.3 Å². The van der Waals surface area contributed by atoms with Crippen molar-refractivity contribution in [2.75, 3.05) is 5.73 Å². The van der Waals surface area contributed by atoms with Crippen LogP contribution in [0.25, 0.3) is 0 Å². The molecule has 6 heteroatoms. The van der Waals surface area contributed by atoms with Crippen LogP contribution >= 0.6 is 15.9 Å². The summed E-state index contributed by atoms with van der Waals surface area (Å²) in [4.78, 5) is 0.260. The lowest BCUT2D eigenvalue weighted by molar-refractivity contribution is 0.456. The van der Waals surface area contributed by atoms with Crippen molar-refractivity contribution in [3.8, 4) is 0 Å². The minimum atomic E-state index is -3.45. The Morgan fingerprint density at radius 1 is 1.20 bits per heavy atom. The van der Waals surface area contributed by atoms with Crippen LogP contribution in [0.4, 0.5) is 5.69 Å². The number of anilines is 1. The van der Waals surface area contributed by atoms with Crippen LogP contribution in [0.2, 0.25) is 0 Å². The van der Waals surface area contributed by atoms with Gasteiger partial charge in [-0.25, -0.2) is 13.1 Å². The van der Waals surface area contributed by atoms with Gasteiger partial charge >= 0.3 is 0 Å². The number of benzene rings is 1. The molecular weight excluding hydrogens is 340 g/mol. The molecule has 4 nitrogen and oxygen atoms in total. The Kier molecular flexibility index (Phi) is 2.76. The molecule has 1 aromatic rings. The third kappa shape index (κ3) is 1.84. The second-order valence-corrected chi connectivity index (χ2v) is 8.89. The van der Waals surface area contributed by atoms with E-state index in [9.17, 15) is 8.42 Å². The van der Waals surface area contributed by atoms with Gasteiger partial charge in [0.25, 0.3) is 0 Å². The third-order valence-corrected chi connectivity index (χ3v) is 7.48. The van der Waals surface area contributed by atoms with Crippen LogP contribution in [0.5, 0.6) is 0 Å². The summed E-state index contributed by atoms with van der Waals surface area (Å²) >= 11 is 3.28. The van der Waals surface area contributed by atoms with E-state index in [2.05, 4.69) is 20.7 Å². The zero-order valence-corrected chi connectivity index (χ0v) is 13.3. The van der Waals surface area contributed by atoms with Crippen molar-refractivity contribution in [2.24, 2.45) is 23.7 Å². The molecule has 3 aliphatic carbocycles. The smallest absolute Gasteiger partial charge is 0.240 e. The molecule has 2 bridgehead atoms. The van der Waals surface area contributed by atoms with Crippen LogP contribution < -0.4 is 10.5 Å². The number of nitrogen functional groups attached to an aromatic ring is 1. The van der Waals surface area contributed by atoms with Crippen LogP contribution in [-0.2, 0) is 10.0 Å². The zero-order valence-electron chi connectivity index (χ0n) is 10.9. The van der Waals surface area contributed by atoms with E-state index in [1.165, 1.54) is 25.3 Å². The van der Waals surface area contributed by atoms with E-state index < -0.39 is 10.0 Å². The van der Waals surface area contributed by atoms with Crippen molar-refractivity contribution < 1.29 is 8.42 Å². The first-order chi connectivity index (χ1) is 9.47. The summed E-state index contributed by atoms with van der Waals surface area (Å²) in [6, 6.07) is 4.95. The fourth-order valence-electron chi connectivity index (χ4n) is 4.42.